The van der Waals surface area contributed by atoms with Crippen molar-refractivity contribution in [1.82, 2.24) is 0 Å². The van der Waals surface area contributed by atoms with Crippen molar-refractivity contribution in [3.8, 4) is 5.75 Å². The van der Waals surface area contributed by atoms with Crippen molar-refractivity contribution < 1.29 is 19.2 Å². The minimum atomic E-state index is -1.14. The lowest BCUT2D eigenvalue weighted by Crippen LogP contribution is -1.99. The Morgan fingerprint density at radius 3 is 2.57 bits per heavy atom. The molecule has 1 N–H and O–H groups in total. The Hall–Kier alpha value is -1.98. The third-order valence-electron chi connectivity index (χ3n) is 1.63. The summed E-state index contributed by atoms with van der Waals surface area (Å²) in [6.45, 7) is 1.06. The van der Waals surface area contributed by atoms with Crippen LogP contribution in [-0.4, -0.2) is 15.8 Å². The summed E-state index contributed by atoms with van der Waals surface area (Å²) in [4.78, 5) is 20.3. The van der Waals surface area contributed by atoms with Crippen molar-refractivity contribution in [2.45, 2.75) is 6.92 Å². The number of hydrogen-bond acceptors (Lipinski definition) is 4. The van der Waals surface area contributed by atoms with Gasteiger partial charge in [-0.2, -0.15) is 0 Å². The summed E-state index contributed by atoms with van der Waals surface area (Å²) in [5, 5.41) is 19.2. The molecule has 0 spiro atoms. The second kappa shape index (κ2) is 3.41. The van der Waals surface area contributed by atoms with Gasteiger partial charge in [0, 0.05) is 6.07 Å². The maximum absolute atomic E-state index is 13.0. The van der Waals surface area contributed by atoms with Gasteiger partial charge in [-0.15, -0.1) is 0 Å². The van der Waals surface area contributed by atoms with E-state index in [-0.39, 0.29) is 0 Å². The van der Waals surface area contributed by atoms with E-state index >= 15 is 0 Å². The third kappa shape index (κ3) is 1.68. The summed E-state index contributed by atoms with van der Waals surface area (Å²) in [6, 6.07) is 1.44. The number of Topliss-reactive ketones (excluding diaryl/α,β-unsaturated/α-hetero) is 1. The quantitative estimate of drug-likeness (QED) is 0.446. The summed E-state index contributed by atoms with van der Waals surface area (Å²) in [5.41, 5.74) is -1.01. The molecule has 0 aliphatic rings. The fourth-order valence-electron chi connectivity index (χ4n) is 0.956. The first-order valence-electron chi connectivity index (χ1n) is 3.61. The van der Waals surface area contributed by atoms with E-state index in [4.69, 9.17) is 5.11 Å². The molecule has 0 heterocycles. The highest BCUT2D eigenvalue weighted by atomic mass is 19.1. The van der Waals surface area contributed by atoms with E-state index in [2.05, 4.69) is 0 Å². The molecule has 0 radical (unpaired) electrons. The summed E-state index contributed by atoms with van der Waals surface area (Å²) in [7, 11) is 0. The summed E-state index contributed by atoms with van der Waals surface area (Å²) >= 11 is 0. The van der Waals surface area contributed by atoms with Gasteiger partial charge < -0.3 is 5.11 Å². The second-order valence-corrected chi connectivity index (χ2v) is 2.64. The number of phenols is 1. The van der Waals surface area contributed by atoms with Crippen LogP contribution >= 0.6 is 0 Å². The van der Waals surface area contributed by atoms with Gasteiger partial charge in [-0.1, -0.05) is 0 Å². The van der Waals surface area contributed by atoms with Crippen molar-refractivity contribution in [3.05, 3.63) is 33.6 Å². The molecule has 0 saturated carbocycles. The normalized spacial score (nSPS) is 9.86. The van der Waals surface area contributed by atoms with Gasteiger partial charge >= 0.3 is 0 Å². The van der Waals surface area contributed by atoms with E-state index in [1.54, 1.807) is 0 Å². The average molecular weight is 199 g/mol. The number of rotatable bonds is 2. The topological polar surface area (TPSA) is 80.4 Å². The SMILES string of the molecule is CC(=O)c1cc([N+](=O)[O-])cc(O)c1F. The molecule has 1 rings (SSSR count). The smallest absolute Gasteiger partial charge is 0.274 e. The molecule has 74 valence electrons. The van der Waals surface area contributed by atoms with Crippen molar-refractivity contribution in [1.29, 1.82) is 0 Å². The van der Waals surface area contributed by atoms with Gasteiger partial charge in [0.25, 0.3) is 5.69 Å². The number of non-ortho nitro benzene ring substituents is 1. The van der Waals surface area contributed by atoms with Crippen LogP contribution in [0, 0.1) is 15.9 Å². The molecule has 0 bridgehead atoms. The van der Waals surface area contributed by atoms with Crippen LogP contribution in [0.2, 0.25) is 0 Å². The van der Waals surface area contributed by atoms with Gasteiger partial charge in [0.2, 0.25) is 0 Å². The Balaban J connectivity index is 3.43. The summed E-state index contributed by atoms with van der Waals surface area (Å²) < 4.78 is 13.0. The maximum Gasteiger partial charge on any atom is 0.274 e. The Morgan fingerprint density at radius 1 is 1.57 bits per heavy atom. The summed E-state index contributed by atoms with van der Waals surface area (Å²) in [5.74, 6) is -2.71. The number of nitro groups is 1. The molecule has 0 aromatic heterocycles. The Bertz CT molecular complexity index is 416. The number of hydrogen-bond donors (Lipinski definition) is 1. The number of halogens is 1. The van der Waals surface area contributed by atoms with Crippen LogP contribution in [0.1, 0.15) is 17.3 Å². The molecule has 1 aromatic rings. The highest BCUT2D eigenvalue weighted by Crippen LogP contribution is 2.26. The molecule has 0 aliphatic carbocycles. The molecule has 6 heteroatoms. The number of ketones is 1. The van der Waals surface area contributed by atoms with Crippen molar-refractivity contribution in [3.63, 3.8) is 0 Å². The number of aromatic hydroxyl groups is 1. The lowest BCUT2D eigenvalue weighted by atomic mass is 10.1. The second-order valence-electron chi connectivity index (χ2n) is 2.64. The fourth-order valence-corrected chi connectivity index (χ4v) is 0.956. The standard InChI is InChI=1S/C8H6FNO4/c1-4(11)6-2-5(10(13)14)3-7(12)8(6)9/h2-3,12H,1H3. The van der Waals surface area contributed by atoms with Crippen LogP contribution in [0.15, 0.2) is 12.1 Å². The van der Waals surface area contributed by atoms with Gasteiger partial charge in [-0.05, 0) is 6.92 Å². The van der Waals surface area contributed by atoms with Crippen LogP contribution in [0.5, 0.6) is 5.75 Å². The summed E-state index contributed by atoms with van der Waals surface area (Å²) in [6.07, 6.45) is 0. The maximum atomic E-state index is 13.0. The molecule has 0 atom stereocenters. The number of phenolic OH excluding ortho intramolecular Hbond substituents is 1. The Labute approximate surface area is 77.9 Å². The first-order chi connectivity index (χ1) is 6.43. The molecule has 14 heavy (non-hydrogen) atoms. The molecule has 0 fully saturated rings. The van der Waals surface area contributed by atoms with E-state index in [1.165, 1.54) is 0 Å². The zero-order valence-electron chi connectivity index (χ0n) is 7.15. The Morgan fingerprint density at radius 2 is 2.14 bits per heavy atom. The lowest BCUT2D eigenvalue weighted by molar-refractivity contribution is -0.385. The minimum absolute atomic E-state index is 0.489. The minimum Gasteiger partial charge on any atom is -0.505 e. The van der Waals surface area contributed by atoms with E-state index in [1.807, 2.05) is 0 Å². The Kier molecular flexibility index (Phi) is 2.46. The van der Waals surface area contributed by atoms with Gasteiger partial charge in [-0.3, -0.25) is 14.9 Å². The molecule has 5 nitrogen and oxygen atoms in total. The fraction of sp³-hybridized carbons (Fsp3) is 0.125. The van der Waals surface area contributed by atoms with Gasteiger partial charge in [0.05, 0.1) is 16.6 Å². The van der Waals surface area contributed by atoms with Gasteiger partial charge in [0.15, 0.2) is 17.3 Å². The molecular formula is C8H6FNO4. The first-order valence-corrected chi connectivity index (χ1v) is 3.61. The van der Waals surface area contributed by atoms with Crippen molar-refractivity contribution in [2.24, 2.45) is 0 Å². The zero-order chi connectivity index (χ0) is 10.9. The number of nitrogens with zero attached hydrogens (tertiary/aromatic N) is 1. The van der Waals surface area contributed by atoms with Crippen LogP contribution in [-0.2, 0) is 0 Å². The molecular weight excluding hydrogens is 193 g/mol. The average Bonchev–Trinajstić information content (AvgIpc) is 2.08. The van der Waals surface area contributed by atoms with Crippen LogP contribution in [0.4, 0.5) is 10.1 Å². The molecule has 0 aliphatic heterocycles. The van der Waals surface area contributed by atoms with E-state index in [9.17, 15) is 19.3 Å². The number of nitro benzene ring substituents is 1. The van der Waals surface area contributed by atoms with Crippen LogP contribution in [0.3, 0.4) is 0 Å². The molecule has 1 aromatic carbocycles. The van der Waals surface area contributed by atoms with Crippen molar-refractivity contribution in [2.75, 3.05) is 0 Å². The van der Waals surface area contributed by atoms with Gasteiger partial charge in [0.1, 0.15) is 0 Å². The monoisotopic (exact) mass is 199 g/mol. The first kappa shape index (κ1) is 10.1. The predicted molar refractivity (Wildman–Crippen MR) is 44.7 cm³/mol. The third-order valence-corrected chi connectivity index (χ3v) is 1.63. The molecule has 0 amide bonds. The van der Waals surface area contributed by atoms with E-state index in [0.29, 0.717) is 6.07 Å². The van der Waals surface area contributed by atoms with Gasteiger partial charge in [-0.25, -0.2) is 4.39 Å². The van der Waals surface area contributed by atoms with Crippen LogP contribution in [0.25, 0.3) is 0 Å². The lowest BCUT2D eigenvalue weighted by Gasteiger charge is -2.00. The zero-order valence-corrected chi connectivity index (χ0v) is 7.15. The molecule has 0 saturated heterocycles. The van der Waals surface area contributed by atoms with Crippen molar-refractivity contribution >= 4 is 11.5 Å². The highest BCUT2D eigenvalue weighted by Gasteiger charge is 2.18. The highest BCUT2D eigenvalue weighted by molar-refractivity contribution is 5.95. The number of carbonyl (C=O) groups excluding carboxylic acids is 1. The van der Waals surface area contributed by atoms with Crippen LogP contribution < -0.4 is 0 Å². The van der Waals surface area contributed by atoms with E-state index < -0.39 is 33.5 Å². The van der Waals surface area contributed by atoms with E-state index in [0.717, 1.165) is 13.0 Å². The predicted octanol–water partition coefficient (Wildman–Crippen LogP) is 1.64. The molecule has 0 unspecified atom stereocenters. The number of benzene rings is 1. The number of carbonyl (C=O) groups is 1. The largest absolute Gasteiger partial charge is 0.505 e.